The number of fused-ring (bicyclic) bond motifs is 2. The third-order valence-corrected chi connectivity index (χ3v) is 63.1. The van der Waals surface area contributed by atoms with Crippen molar-refractivity contribution in [3.05, 3.63) is 129 Å². The van der Waals surface area contributed by atoms with Crippen LogP contribution >= 0.6 is 17.0 Å². The summed E-state index contributed by atoms with van der Waals surface area (Å²) in [6.45, 7) is 32.9. The first-order valence-corrected chi connectivity index (χ1v) is 37.3. The molecule has 3 unspecified atom stereocenters. The van der Waals surface area contributed by atoms with E-state index >= 15 is 0 Å². The van der Waals surface area contributed by atoms with Crippen molar-refractivity contribution in [3.8, 4) is 22.3 Å². The molecule has 0 nitrogen and oxygen atoms in total. The number of halogens is 2. The first-order valence-electron chi connectivity index (χ1n) is 21.3. The number of benzene rings is 4. The Kier molecular flexibility index (Phi) is 11.9. The molecule has 4 heteroatoms. The predicted octanol–water partition coefficient (Wildman–Crippen LogP) is 16.8. The van der Waals surface area contributed by atoms with Crippen molar-refractivity contribution in [3.63, 3.8) is 0 Å². The maximum absolute atomic E-state index is 9.13. The van der Waals surface area contributed by atoms with Gasteiger partial charge in [0.1, 0.15) is 0 Å². The van der Waals surface area contributed by atoms with Crippen molar-refractivity contribution in [2.24, 2.45) is 10.8 Å². The topological polar surface area (TPSA) is 0 Å². The van der Waals surface area contributed by atoms with E-state index in [0.29, 0.717) is 0 Å². The van der Waals surface area contributed by atoms with Crippen LogP contribution < -0.4 is 0 Å². The van der Waals surface area contributed by atoms with Crippen LogP contribution in [0.25, 0.3) is 34.4 Å². The van der Waals surface area contributed by atoms with Gasteiger partial charge in [-0.3, -0.25) is 0 Å². The van der Waals surface area contributed by atoms with Crippen molar-refractivity contribution in [1.29, 1.82) is 0 Å². The molecule has 6 rings (SSSR count). The van der Waals surface area contributed by atoms with Crippen LogP contribution in [0.2, 0.25) is 12.6 Å². The fraction of sp³-hybridized carbons (Fsp3) is 0.462. The van der Waals surface area contributed by atoms with Gasteiger partial charge in [-0.1, -0.05) is 0 Å². The van der Waals surface area contributed by atoms with Gasteiger partial charge in [-0.25, -0.2) is 0 Å². The zero-order valence-corrected chi connectivity index (χ0v) is 42.2. The van der Waals surface area contributed by atoms with Gasteiger partial charge in [0.15, 0.2) is 0 Å². The molecule has 0 aromatic heterocycles. The fourth-order valence-electron chi connectivity index (χ4n) is 10.0. The quantitative estimate of drug-likeness (QED) is 0.147. The van der Waals surface area contributed by atoms with Crippen molar-refractivity contribution in [1.82, 2.24) is 0 Å². The Bertz CT molecular complexity index is 1990. The van der Waals surface area contributed by atoms with Gasteiger partial charge in [0.25, 0.3) is 0 Å². The summed E-state index contributed by atoms with van der Waals surface area (Å²) in [4.78, 5) is 0. The molecule has 0 saturated carbocycles. The summed E-state index contributed by atoms with van der Waals surface area (Å²) < 4.78 is 0.120. The number of hydrogen-bond donors (Lipinski definition) is 0. The first-order chi connectivity index (χ1) is 25.8. The fourth-order valence-corrected chi connectivity index (χ4v) is 51.2. The molecular formula is C52H69Cl2SiZr. The van der Waals surface area contributed by atoms with E-state index in [4.69, 9.17) is 17.0 Å². The average Bonchev–Trinajstić information content (AvgIpc) is 3.64. The molecule has 0 aliphatic heterocycles. The van der Waals surface area contributed by atoms with Crippen LogP contribution in [0.3, 0.4) is 0 Å². The Labute approximate surface area is 350 Å². The molecule has 0 heterocycles. The van der Waals surface area contributed by atoms with E-state index in [1.807, 2.05) is 0 Å². The molecule has 0 fully saturated rings. The molecule has 3 atom stereocenters. The van der Waals surface area contributed by atoms with Crippen molar-refractivity contribution < 1.29 is 15.6 Å². The van der Waals surface area contributed by atoms with Crippen LogP contribution in [-0.4, -0.2) is 5.92 Å². The zero-order valence-electron chi connectivity index (χ0n) is 37.1. The summed E-state index contributed by atoms with van der Waals surface area (Å²) in [6.07, 6.45) is 8.18. The maximum atomic E-state index is 9.13. The molecule has 299 valence electrons. The van der Waals surface area contributed by atoms with Crippen LogP contribution in [0.4, 0.5) is 0 Å². The number of rotatable bonds is 9. The molecule has 4 aromatic rings. The molecular weight excluding hydrogens is 815 g/mol. The summed E-state index contributed by atoms with van der Waals surface area (Å²) in [6, 6.07) is 33.8. The number of allylic oxidation sites excluding steroid dienone is 2. The van der Waals surface area contributed by atoms with Gasteiger partial charge in [0, 0.05) is 0 Å². The summed E-state index contributed by atoms with van der Waals surface area (Å²) in [5.41, 5.74) is 16.6. The van der Waals surface area contributed by atoms with Gasteiger partial charge in [-0.05, 0) is 0 Å². The van der Waals surface area contributed by atoms with Gasteiger partial charge in [0.05, 0.1) is 0 Å². The summed E-state index contributed by atoms with van der Waals surface area (Å²) in [5.74, 6) is -1.76. The monoisotopic (exact) mass is 881 g/mol. The molecule has 0 spiro atoms. The van der Waals surface area contributed by atoms with Crippen LogP contribution in [0.1, 0.15) is 150 Å². The first kappa shape index (κ1) is 43.6. The van der Waals surface area contributed by atoms with Crippen molar-refractivity contribution in [2.45, 2.75) is 140 Å². The van der Waals surface area contributed by atoms with Crippen molar-refractivity contribution >= 4 is 35.1 Å². The molecule has 0 N–H and O–H groups in total. The normalized spacial score (nSPS) is 18.8. The minimum absolute atomic E-state index is 0.0602. The summed E-state index contributed by atoms with van der Waals surface area (Å²) >= 11 is -5.10. The van der Waals surface area contributed by atoms with Crippen LogP contribution in [0.5, 0.6) is 0 Å². The Morgan fingerprint density at radius 3 is 1.20 bits per heavy atom. The second-order valence-corrected chi connectivity index (χ2v) is 63.3. The van der Waals surface area contributed by atoms with Gasteiger partial charge >= 0.3 is 353 Å². The zero-order chi connectivity index (χ0) is 41.2. The van der Waals surface area contributed by atoms with E-state index in [1.165, 1.54) is 66.8 Å². The Morgan fingerprint density at radius 2 is 0.893 bits per heavy atom. The molecule has 0 radical (unpaired) electrons. The molecule has 0 saturated heterocycles. The second-order valence-electron chi connectivity index (χ2n) is 22.0. The van der Waals surface area contributed by atoms with Crippen molar-refractivity contribution in [2.75, 3.05) is 0 Å². The molecule has 0 amide bonds. The third kappa shape index (κ3) is 8.40. The molecule has 2 aliphatic rings. The van der Waals surface area contributed by atoms with E-state index < -0.39 is 21.5 Å². The summed E-state index contributed by atoms with van der Waals surface area (Å²) in [7, 11) is 18.3. The van der Waals surface area contributed by atoms with Crippen LogP contribution in [-0.2, 0) is 26.4 Å². The Balaban J connectivity index is 1.62. The van der Waals surface area contributed by atoms with Gasteiger partial charge in [0.2, 0.25) is 0 Å². The Hall–Kier alpha value is -1.96. The molecule has 4 aromatic carbocycles. The SMILES string of the molecule is CCC[SiH](C)[Zr]([Cl])([Cl])([CH]1C(CC(C)(C)C)=Cc2c(-c3ccc(C(C)(C)C)cc3)cccc21)[CH]1C(CC(C)(C)C)=Cc2c(-c3ccc(C(C)(C)C)cc3)cccc21. The predicted molar refractivity (Wildman–Crippen MR) is 251 cm³/mol. The second kappa shape index (κ2) is 15.3. The Morgan fingerprint density at radius 1 is 0.536 bits per heavy atom. The summed E-state index contributed by atoms with van der Waals surface area (Å²) in [5, 5.41) is 0. The van der Waals surface area contributed by atoms with E-state index in [1.54, 1.807) is 0 Å². The standard InChI is InChI=1S/2C24H29.C4H11Si.2ClH.Zr/c2*1-23(2,3)16-17-14-19-8-7-9-21(22(19)15-17)18-10-12-20(13-11-18)24(4,5)6;1-3-4-5-2;;;/h2*7-15H,16H2,1-6H3;5H,3-4H2,1-2H3;2*1H;/q;;;;;+2/p-2. The number of hydrogen-bond acceptors (Lipinski definition) is 0. The van der Waals surface area contributed by atoms with Gasteiger partial charge in [-0.2, -0.15) is 0 Å². The molecule has 2 aliphatic carbocycles. The van der Waals surface area contributed by atoms with E-state index in [0.717, 1.165) is 25.3 Å². The average molecular weight is 884 g/mol. The minimum atomic E-state index is -5.10. The third-order valence-electron chi connectivity index (χ3n) is 12.7. The van der Waals surface area contributed by atoms with Crippen LogP contribution in [0.15, 0.2) is 96.1 Å². The van der Waals surface area contributed by atoms with Crippen LogP contribution in [0, 0.1) is 10.8 Å². The van der Waals surface area contributed by atoms with E-state index in [-0.39, 0.29) is 28.9 Å². The van der Waals surface area contributed by atoms with E-state index in [2.05, 4.69) is 194 Å². The van der Waals surface area contributed by atoms with E-state index in [9.17, 15) is 0 Å². The van der Waals surface area contributed by atoms with Gasteiger partial charge < -0.3 is 0 Å². The molecule has 56 heavy (non-hydrogen) atoms. The molecule has 0 bridgehead atoms. The van der Waals surface area contributed by atoms with Gasteiger partial charge in [-0.15, -0.1) is 0 Å².